The Morgan fingerprint density at radius 1 is 1.24 bits per heavy atom. The first kappa shape index (κ1) is 16.1. The molecule has 0 bridgehead atoms. The molecule has 1 spiro atoms. The van der Waals surface area contributed by atoms with Crippen LogP contribution in [0.4, 0.5) is 13.2 Å². The molecule has 1 unspecified atom stereocenters. The highest BCUT2D eigenvalue weighted by molar-refractivity contribution is 6.00. The maximum atomic E-state index is 12.8. The van der Waals surface area contributed by atoms with Crippen molar-refractivity contribution in [3.8, 4) is 0 Å². The highest BCUT2D eigenvalue weighted by Crippen LogP contribution is 2.35. The van der Waals surface area contributed by atoms with Gasteiger partial charge in [0.15, 0.2) is 0 Å². The van der Waals surface area contributed by atoms with E-state index in [9.17, 15) is 22.8 Å². The zero-order valence-electron chi connectivity index (χ0n) is 12.3. The molecule has 1 N–H and O–H groups in total. The first-order valence-electron chi connectivity index (χ1n) is 7.36. The van der Waals surface area contributed by atoms with Crippen molar-refractivity contribution in [3.05, 3.63) is 0 Å². The van der Waals surface area contributed by atoms with Crippen LogP contribution in [0, 0.1) is 5.92 Å². The Morgan fingerprint density at radius 3 is 2.29 bits per heavy atom. The average Bonchev–Trinajstić information content (AvgIpc) is 2.34. The Morgan fingerprint density at radius 2 is 1.81 bits per heavy atom. The molecule has 2 aliphatic rings. The first-order chi connectivity index (χ1) is 9.66. The number of halogens is 3. The van der Waals surface area contributed by atoms with E-state index in [1.54, 1.807) is 13.8 Å². The average molecular weight is 306 g/mol. The zero-order valence-corrected chi connectivity index (χ0v) is 12.3. The van der Waals surface area contributed by atoms with Crippen LogP contribution in [-0.2, 0) is 9.59 Å². The van der Waals surface area contributed by atoms with Crippen molar-refractivity contribution in [1.29, 1.82) is 0 Å². The summed E-state index contributed by atoms with van der Waals surface area (Å²) in [6.07, 6.45) is -1.21. The molecular weight excluding hydrogens is 285 g/mol. The predicted octanol–water partition coefficient (Wildman–Crippen LogP) is 2.23. The molecule has 120 valence electrons. The minimum atomic E-state index is -4.50. The van der Waals surface area contributed by atoms with E-state index in [-0.39, 0.29) is 5.92 Å². The van der Waals surface area contributed by atoms with Gasteiger partial charge in [0.1, 0.15) is 18.1 Å². The number of amides is 2. The van der Waals surface area contributed by atoms with Crippen LogP contribution in [0.5, 0.6) is 0 Å². The molecule has 21 heavy (non-hydrogen) atoms. The number of alkyl halides is 3. The second-order valence-corrected chi connectivity index (χ2v) is 6.37. The van der Waals surface area contributed by atoms with Gasteiger partial charge in [-0.25, -0.2) is 0 Å². The van der Waals surface area contributed by atoms with Crippen molar-refractivity contribution in [2.24, 2.45) is 5.92 Å². The Labute approximate surface area is 122 Å². The van der Waals surface area contributed by atoms with Crippen LogP contribution in [0.2, 0.25) is 0 Å². The number of hydrogen-bond donors (Lipinski definition) is 1. The van der Waals surface area contributed by atoms with Gasteiger partial charge in [-0.1, -0.05) is 33.1 Å². The smallest absolute Gasteiger partial charge is 0.340 e. The second-order valence-electron chi connectivity index (χ2n) is 6.37. The summed E-state index contributed by atoms with van der Waals surface area (Å²) in [6, 6.07) is -1.05. The number of carbonyl (C=O) groups excluding carboxylic acids is 2. The van der Waals surface area contributed by atoms with Gasteiger partial charge in [0.25, 0.3) is 0 Å². The summed E-state index contributed by atoms with van der Waals surface area (Å²) >= 11 is 0. The lowest BCUT2D eigenvalue weighted by Crippen LogP contribution is -2.72. The predicted molar refractivity (Wildman–Crippen MR) is 70.4 cm³/mol. The topological polar surface area (TPSA) is 49.4 Å². The first-order valence-corrected chi connectivity index (χ1v) is 7.36. The molecule has 1 saturated carbocycles. The van der Waals surface area contributed by atoms with Crippen molar-refractivity contribution in [2.45, 2.75) is 63.7 Å². The third-order valence-corrected chi connectivity index (χ3v) is 4.33. The highest BCUT2D eigenvalue weighted by Gasteiger charge is 2.53. The fraction of sp³-hybridized carbons (Fsp3) is 0.857. The van der Waals surface area contributed by atoms with E-state index in [0.717, 1.165) is 24.2 Å². The summed E-state index contributed by atoms with van der Waals surface area (Å²) in [4.78, 5) is 25.7. The zero-order chi connectivity index (χ0) is 15.8. The normalized spacial score (nSPS) is 26.4. The highest BCUT2D eigenvalue weighted by atomic mass is 19.4. The van der Waals surface area contributed by atoms with Gasteiger partial charge >= 0.3 is 6.18 Å². The van der Waals surface area contributed by atoms with E-state index in [4.69, 9.17) is 0 Å². The molecule has 0 radical (unpaired) electrons. The molecule has 1 aliphatic carbocycles. The molecule has 0 aromatic rings. The summed E-state index contributed by atoms with van der Waals surface area (Å²) in [6.45, 7) is 1.95. The Balaban J connectivity index is 2.33. The summed E-state index contributed by atoms with van der Waals surface area (Å²) < 4.78 is 38.4. The Kier molecular flexibility index (Phi) is 4.22. The third kappa shape index (κ3) is 3.16. The van der Waals surface area contributed by atoms with Crippen LogP contribution in [0.3, 0.4) is 0 Å². The van der Waals surface area contributed by atoms with Crippen LogP contribution < -0.4 is 5.32 Å². The quantitative estimate of drug-likeness (QED) is 0.850. The molecule has 1 aliphatic heterocycles. The molecule has 2 amide bonds. The third-order valence-electron chi connectivity index (χ3n) is 4.33. The maximum Gasteiger partial charge on any atom is 0.406 e. The molecule has 0 aromatic heterocycles. The van der Waals surface area contributed by atoms with Crippen LogP contribution in [0.15, 0.2) is 0 Å². The molecule has 2 rings (SSSR count). The van der Waals surface area contributed by atoms with Gasteiger partial charge in [0, 0.05) is 0 Å². The molecule has 4 nitrogen and oxygen atoms in total. The van der Waals surface area contributed by atoms with Crippen LogP contribution in [0.1, 0.15) is 46.0 Å². The summed E-state index contributed by atoms with van der Waals surface area (Å²) in [5.41, 5.74) is -1.12. The van der Waals surface area contributed by atoms with Gasteiger partial charge in [-0.15, -0.1) is 0 Å². The lowest BCUT2D eigenvalue weighted by molar-refractivity contribution is -0.181. The lowest BCUT2D eigenvalue weighted by Gasteiger charge is -2.48. The minimum Gasteiger partial charge on any atom is -0.340 e. The van der Waals surface area contributed by atoms with E-state index in [1.807, 2.05) is 0 Å². The Hall–Kier alpha value is -1.27. The van der Waals surface area contributed by atoms with Gasteiger partial charge in [-0.3, -0.25) is 9.59 Å². The number of nitrogens with one attached hydrogen (secondary N) is 1. The fourth-order valence-electron chi connectivity index (χ4n) is 3.43. The van der Waals surface area contributed by atoms with Gasteiger partial charge in [-0.05, 0) is 18.8 Å². The number of piperazine rings is 1. The number of hydrogen-bond acceptors (Lipinski definition) is 2. The van der Waals surface area contributed by atoms with Crippen molar-refractivity contribution in [1.82, 2.24) is 10.2 Å². The number of carbonyl (C=O) groups is 2. The van der Waals surface area contributed by atoms with Crippen LogP contribution in [0.25, 0.3) is 0 Å². The van der Waals surface area contributed by atoms with Crippen LogP contribution in [-0.4, -0.2) is 41.0 Å². The van der Waals surface area contributed by atoms with Gasteiger partial charge < -0.3 is 10.2 Å². The molecule has 7 heteroatoms. The van der Waals surface area contributed by atoms with Crippen molar-refractivity contribution >= 4 is 11.8 Å². The van der Waals surface area contributed by atoms with Crippen molar-refractivity contribution in [2.75, 3.05) is 6.54 Å². The van der Waals surface area contributed by atoms with E-state index in [1.165, 1.54) is 0 Å². The van der Waals surface area contributed by atoms with Gasteiger partial charge in [-0.2, -0.15) is 13.2 Å². The van der Waals surface area contributed by atoms with Gasteiger partial charge in [0.05, 0.1) is 0 Å². The summed E-state index contributed by atoms with van der Waals surface area (Å²) in [7, 11) is 0. The maximum absolute atomic E-state index is 12.8. The molecular formula is C14H21F3N2O2. The molecule has 0 aromatic carbocycles. The molecule has 2 fully saturated rings. The van der Waals surface area contributed by atoms with Crippen LogP contribution >= 0.6 is 0 Å². The summed E-state index contributed by atoms with van der Waals surface area (Å²) in [5, 5.41) is 2.73. The Bertz CT molecular complexity index is 428. The monoisotopic (exact) mass is 306 g/mol. The number of nitrogens with zero attached hydrogens (tertiary/aromatic N) is 1. The molecule has 1 heterocycles. The second kappa shape index (κ2) is 5.50. The molecule has 1 saturated heterocycles. The summed E-state index contributed by atoms with van der Waals surface area (Å²) in [5.74, 6) is -1.40. The molecule has 1 atom stereocenters. The van der Waals surface area contributed by atoms with Gasteiger partial charge in [0.2, 0.25) is 11.8 Å². The van der Waals surface area contributed by atoms with E-state index < -0.39 is 36.1 Å². The SMILES string of the molecule is CC(C)C1C(=O)NC2(CCCCC2)C(=O)N1CC(F)(F)F. The number of rotatable bonds is 2. The largest absolute Gasteiger partial charge is 0.406 e. The fourth-order valence-corrected chi connectivity index (χ4v) is 3.43. The standard InChI is InChI=1S/C14H21F3N2O2/c1-9(2)10-11(20)18-13(6-4-3-5-7-13)12(21)19(10)8-14(15,16)17/h9-10H,3-8H2,1-2H3,(H,18,20). The lowest BCUT2D eigenvalue weighted by atomic mass is 9.77. The van der Waals surface area contributed by atoms with E-state index in [0.29, 0.717) is 12.8 Å². The van der Waals surface area contributed by atoms with Crippen molar-refractivity contribution < 1.29 is 22.8 Å². The van der Waals surface area contributed by atoms with E-state index in [2.05, 4.69) is 5.32 Å². The van der Waals surface area contributed by atoms with E-state index >= 15 is 0 Å². The van der Waals surface area contributed by atoms with Crippen molar-refractivity contribution in [3.63, 3.8) is 0 Å². The minimum absolute atomic E-state index is 0.364.